The smallest absolute Gasteiger partial charge is 0.120 e. The third kappa shape index (κ3) is 3.35. The Labute approximate surface area is 107 Å². The molecule has 0 amide bonds. The van der Waals surface area contributed by atoms with Crippen molar-refractivity contribution in [1.29, 1.82) is 0 Å². The zero-order valence-electron chi connectivity index (χ0n) is 10.0. The quantitative estimate of drug-likeness (QED) is 0.873. The summed E-state index contributed by atoms with van der Waals surface area (Å²) in [6.07, 6.45) is 2.17. The molecule has 0 aliphatic carbocycles. The Morgan fingerprint density at radius 1 is 1.53 bits per heavy atom. The monoisotopic (exact) mass is 255 g/mol. The summed E-state index contributed by atoms with van der Waals surface area (Å²) in [5.74, 6) is 0.280. The first-order valence-electron chi connectivity index (χ1n) is 5.89. The fraction of sp³-hybridized carbons (Fsp3) is 0.538. The van der Waals surface area contributed by atoms with Crippen molar-refractivity contribution in [2.24, 2.45) is 0 Å². The van der Waals surface area contributed by atoms with Crippen LogP contribution in [0.5, 0.6) is 5.75 Å². The molecular formula is C13H18ClNO2. The zero-order chi connectivity index (χ0) is 12.3. The van der Waals surface area contributed by atoms with Crippen molar-refractivity contribution >= 4 is 11.6 Å². The van der Waals surface area contributed by atoms with Gasteiger partial charge in [0.2, 0.25) is 0 Å². The van der Waals surface area contributed by atoms with E-state index in [2.05, 4.69) is 12.2 Å². The molecule has 1 saturated heterocycles. The number of benzene rings is 1. The number of nitrogens with one attached hydrogen (secondary N) is 1. The van der Waals surface area contributed by atoms with Gasteiger partial charge in [0, 0.05) is 29.3 Å². The molecule has 0 spiro atoms. The molecule has 1 aliphatic rings. The predicted molar refractivity (Wildman–Crippen MR) is 68.4 cm³/mol. The maximum atomic E-state index is 9.72. The lowest BCUT2D eigenvalue weighted by Crippen LogP contribution is -2.48. The maximum Gasteiger partial charge on any atom is 0.120 e. The highest BCUT2D eigenvalue weighted by Crippen LogP contribution is 2.24. The van der Waals surface area contributed by atoms with Crippen LogP contribution in [0.15, 0.2) is 18.2 Å². The van der Waals surface area contributed by atoms with Gasteiger partial charge in [-0.2, -0.15) is 0 Å². The van der Waals surface area contributed by atoms with Crippen LogP contribution in [0, 0.1) is 0 Å². The molecule has 2 N–H and O–H groups in total. The molecule has 0 radical (unpaired) electrons. The van der Waals surface area contributed by atoms with Crippen molar-refractivity contribution in [2.45, 2.75) is 31.8 Å². The van der Waals surface area contributed by atoms with E-state index < -0.39 is 0 Å². The van der Waals surface area contributed by atoms with Crippen LogP contribution in [-0.4, -0.2) is 23.9 Å². The number of phenolic OH excluding ortho intramolecular Hbond substituents is 1. The number of ether oxygens (including phenoxy) is 1. The lowest BCUT2D eigenvalue weighted by Gasteiger charge is -2.34. The predicted octanol–water partition coefficient (Wildman–Crippen LogP) is 2.70. The van der Waals surface area contributed by atoms with E-state index in [-0.39, 0.29) is 11.3 Å². The van der Waals surface area contributed by atoms with Crippen molar-refractivity contribution in [3.05, 3.63) is 28.8 Å². The highest BCUT2D eigenvalue weighted by Gasteiger charge is 2.26. The Bertz CT molecular complexity index is 389. The lowest BCUT2D eigenvalue weighted by atomic mass is 9.94. The van der Waals surface area contributed by atoms with Crippen molar-refractivity contribution in [1.82, 2.24) is 5.32 Å². The van der Waals surface area contributed by atoms with E-state index in [1.54, 1.807) is 18.2 Å². The van der Waals surface area contributed by atoms with Gasteiger partial charge in [-0.3, -0.25) is 0 Å². The Morgan fingerprint density at radius 2 is 2.35 bits per heavy atom. The molecule has 1 unspecified atom stereocenters. The van der Waals surface area contributed by atoms with Crippen LogP contribution in [0.25, 0.3) is 0 Å². The van der Waals surface area contributed by atoms with E-state index >= 15 is 0 Å². The first-order valence-corrected chi connectivity index (χ1v) is 6.27. The van der Waals surface area contributed by atoms with Crippen LogP contribution in [0.1, 0.15) is 25.3 Å². The molecule has 17 heavy (non-hydrogen) atoms. The van der Waals surface area contributed by atoms with Crippen molar-refractivity contribution in [2.75, 3.05) is 13.2 Å². The van der Waals surface area contributed by atoms with Gasteiger partial charge in [-0.25, -0.2) is 0 Å². The topological polar surface area (TPSA) is 41.5 Å². The van der Waals surface area contributed by atoms with Crippen LogP contribution in [0.3, 0.4) is 0 Å². The minimum absolute atomic E-state index is 0.00694. The van der Waals surface area contributed by atoms with E-state index in [9.17, 15) is 5.11 Å². The maximum absolute atomic E-state index is 9.72. The van der Waals surface area contributed by atoms with Gasteiger partial charge in [0.15, 0.2) is 0 Å². The molecule has 1 aliphatic heterocycles. The van der Waals surface area contributed by atoms with Crippen LogP contribution in [0.2, 0.25) is 5.02 Å². The molecular weight excluding hydrogens is 238 g/mol. The number of hydrogen-bond acceptors (Lipinski definition) is 3. The number of aromatic hydroxyl groups is 1. The summed E-state index contributed by atoms with van der Waals surface area (Å²) in [4.78, 5) is 0. The molecule has 94 valence electrons. The van der Waals surface area contributed by atoms with Crippen LogP contribution < -0.4 is 5.32 Å². The van der Waals surface area contributed by atoms with Gasteiger partial charge in [0.1, 0.15) is 5.75 Å². The number of rotatable bonds is 3. The second-order valence-corrected chi connectivity index (χ2v) is 5.28. The van der Waals surface area contributed by atoms with Crippen LogP contribution in [0.4, 0.5) is 0 Å². The largest absolute Gasteiger partial charge is 0.508 e. The van der Waals surface area contributed by atoms with Gasteiger partial charge in [-0.05, 0) is 38.0 Å². The molecule has 1 aromatic rings. The molecule has 4 heteroatoms. The molecule has 2 rings (SSSR count). The zero-order valence-corrected chi connectivity index (χ0v) is 10.8. The third-order valence-corrected chi connectivity index (χ3v) is 3.42. The van der Waals surface area contributed by atoms with E-state index in [4.69, 9.17) is 16.3 Å². The third-order valence-electron chi connectivity index (χ3n) is 3.19. The van der Waals surface area contributed by atoms with Crippen molar-refractivity contribution in [3.8, 4) is 5.75 Å². The Morgan fingerprint density at radius 3 is 3.06 bits per heavy atom. The van der Waals surface area contributed by atoms with Crippen molar-refractivity contribution < 1.29 is 9.84 Å². The van der Waals surface area contributed by atoms with Gasteiger partial charge < -0.3 is 15.2 Å². The highest BCUT2D eigenvalue weighted by molar-refractivity contribution is 6.30. The first-order chi connectivity index (χ1) is 8.09. The highest BCUT2D eigenvalue weighted by atomic mass is 35.5. The summed E-state index contributed by atoms with van der Waals surface area (Å²) in [5.41, 5.74) is 0.816. The summed E-state index contributed by atoms with van der Waals surface area (Å²) in [5, 5.41) is 13.8. The Hall–Kier alpha value is -0.770. The Kier molecular flexibility index (Phi) is 3.92. The number of halogens is 1. The molecule has 1 atom stereocenters. The molecule has 0 aromatic heterocycles. The van der Waals surface area contributed by atoms with Gasteiger partial charge in [0.25, 0.3) is 0 Å². The van der Waals surface area contributed by atoms with Gasteiger partial charge >= 0.3 is 0 Å². The summed E-state index contributed by atoms with van der Waals surface area (Å²) >= 11 is 5.91. The number of hydrogen-bond donors (Lipinski definition) is 2. The minimum atomic E-state index is -0.00694. The second-order valence-electron chi connectivity index (χ2n) is 4.84. The molecule has 1 fully saturated rings. The van der Waals surface area contributed by atoms with Crippen LogP contribution >= 0.6 is 11.6 Å². The summed E-state index contributed by atoms with van der Waals surface area (Å²) < 4.78 is 5.48. The molecule has 1 heterocycles. The minimum Gasteiger partial charge on any atom is -0.508 e. The van der Waals surface area contributed by atoms with Gasteiger partial charge in [-0.15, -0.1) is 0 Å². The fourth-order valence-corrected chi connectivity index (χ4v) is 2.27. The van der Waals surface area contributed by atoms with Crippen LogP contribution in [-0.2, 0) is 11.3 Å². The van der Waals surface area contributed by atoms with E-state index in [0.29, 0.717) is 18.2 Å². The second kappa shape index (κ2) is 5.25. The molecule has 3 nitrogen and oxygen atoms in total. The normalized spacial score (nSPS) is 24.8. The van der Waals surface area contributed by atoms with Gasteiger partial charge in [0.05, 0.1) is 6.61 Å². The molecule has 0 bridgehead atoms. The van der Waals surface area contributed by atoms with E-state index in [0.717, 1.165) is 25.0 Å². The number of phenols is 1. The summed E-state index contributed by atoms with van der Waals surface area (Å²) in [7, 11) is 0. The van der Waals surface area contributed by atoms with Gasteiger partial charge in [-0.1, -0.05) is 11.6 Å². The summed E-state index contributed by atoms with van der Waals surface area (Å²) in [6, 6.07) is 5.10. The standard InChI is InChI=1S/C13H18ClNO2/c1-13(5-2-6-17-9-13)15-8-10-7-11(14)3-4-12(10)16/h3-4,7,15-16H,2,5-6,8-9H2,1H3. The lowest BCUT2D eigenvalue weighted by molar-refractivity contribution is 0.0277. The molecule has 0 saturated carbocycles. The van der Waals surface area contributed by atoms with E-state index in [1.807, 2.05) is 0 Å². The average molecular weight is 256 g/mol. The van der Waals surface area contributed by atoms with Crippen molar-refractivity contribution in [3.63, 3.8) is 0 Å². The Balaban J connectivity index is 1.99. The first kappa shape index (κ1) is 12.7. The SMILES string of the molecule is CC1(NCc2cc(Cl)ccc2O)CCCOC1. The van der Waals surface area contributed by atoms with E-state index in [1.165, 1.54) is 0 Å². The average Bonchev–Trinajstić information content (AvgIpc) is 2.31. The fourth-order valence-electron chi connectivity index (χ4n) is 2.08. The molecule has 1 aromatic carbocycles. The summed E-state index contributed by atoms with van der Waals surface area (Å²) in [6.45, 7) is 4.31.